The zero-order valence-electron chi connectivity index (χ0n) is 20.0. The van der Waals surface area contributed by atoms with Gasteiger partial charge in [-0.2, -0.15) is 4.31 Å². The lowest BCUT2D eigenvalue weighted by atomic mass is 9.98. The second kappa shape index (κ2) is 9.63. The number of aromatic amines is 1. The molecule has 0 bridgehead atoms. The van der Waals surface area contributed by atoms with E-state index < -0.39 is 10.0 Å². The van der Waals surface area contributed by atoms with Crippen LogP contribution in [0.1, 0.15) is 31.2 Å². The highest BCUT2D eigenvalue weighted by Gasteiger charge is 2.36. The fourth-order valence-corrected chi connectivity index (χ4v) is 7.74. The number of hydrogen-bond acceptors (Lipinski definition) is 4. The largest absolute Gasteiger partial charge is 0.361 e. The maximum atomic E-state index is 13.7. The van der Waals surface area contributed by atoms with Gasteiger partial charge in [0.2, 0.25) is 10.0 Å². The van der Waals surface area contributed by atoms with Crippen molar-refractivity contribution in [2.24, 2.45) is 0 Å². The number of benzene rings is 2. The zero-order valence-corrected chi connectivity index (χ0v) is 21.6. The minimum Gasteiger partial charge on any atom is -0.361 e. The third-order valence-electron chi connectivity index (χ3n) is 7.60. The van der Waals surface area contributed by atoms with Crippen molar-refractivity contribution in [3.05, 3.63) is 77.7 Å². The van der Waals surface area contributed by atoms with E-state index in [1.54, 1.807) is 10.5 Å². The van der Waals surface area contributed by atoms with Crippen molar-refractivity contribution in [3.8, 4) is 0 Å². The first kappa shape index (κ1) is 23.7. The van der Waals surface area contributed by atoms with E-state index in [-0.39, 0.29) is 6.04 Å². The van der Waals surface area contributed by atoms with Gasteiger partial charge in [-0.15, -0.1) is 0 Å². The quantitative estimate of drug-likeness (QED) is 0.354. The molecule has 1 saturated heterocycles. The molecule has 0 saturated carbocycles. The smallest absolute Gasteiger partial charge is 0.245 e. The SMILES string of the molecule is O=S(=O)(c1cncc2ccccc12)N1CCCC1CCN1CC=C(c2c[nH]c3ccc(Cl)cc23)CC1. The lowest BCUT2D eigenvalue weighted by molar-refractivity contribution is 0.262. The average molecular weight is 521 g/mol. The summed E-state index contributed by atoms with van der Waals surface area (Å²) in [4.78, 5) is 10.3. The normalized spacial score (nSPS) is 19.8. The Balaban J connectivity index is 1.14. The Kier molecular flexibility index (Phi) is 6.33. The molecule has 36 heavy (non-hydrogen) atoms. The molecular weight excluding hydrogens is 492 g/mol. The Bertz CT molecular complexity index is 1560. The molecule has 4 heterocycles. The summed E-state index contributed by atoms with van der Waals surface area (Å²) < 4.78 is 29.1. The number of halogens is 1. The van der Waals surface area contributed by atoms with Crippen molar-refractivity contribution in [1.29, 1.82) is 0 Å². The van der Waals surface area contributed by atoms with Crippen LogP contribution in [0.4, 0.5) is 0 Å². The van der Waals surface area contributed by atoms with Crippen molar-refractivity contribution in [1.82, 2.24) is 19.2 Å². The van der Waals surface area contributed by atoms with Crippen molar-refractivity contribution in [3.63, 3.8) is 0 Å². The van der Waals surface area contributed by atoms with Crippen molar-refractivity contribution < 1.29 is 8.42 Å². The van der Waals surface area contributed by atoms with Crippen LogP contribution >= 0.6 is 11.6 Å². The van der Waals surface area contributed by atoms with Gasteiger partial charge in [0, 0.05) is 76.5 Å². The first-order chi connectivity index (χ1) is 17.5. The topological polar surface area (TPSA) is 69.3 Å². The molecule has 8 heteroatoms. The summed E-state index contributed by atoms with van der Waals surface area (Å²) in [6.45, 7) is 3.29. The monoisotopic (exact) mass is 520 g/mol. The van der Waals surface area contributed by atoms with E-state index in [4.69, 9.17) is 11.6 Å². The lowest BCUT2D eigenvalue weighted by Crippen LogP contribution is -2.39. The molecule has 2 aromatic carbocycles. The molecule has 1 unspecified atom stereocenters. The van der Waals surface area contributed by atoms with Crippen LogP contribution in [0.25, 0.3) is 27.2 Å². The van der Waals surface area contributed by atoms with Crippen molar-refractivity contribution >= 4 is 48.9 Å². The van der Waals surface area contributed by atoms with Crippen LogP contribution < -0.4 is 0 Å². The molecule has 186 valence electrons. The van der Waals surface area contributed by atoms with Gasteiger partial charge in [0.25, 0.3) is 0 Å². The number of rotatable bonds is 6. The first-order valence-electron chi connectivity index (χ1n) is 12.5. The summed E-state index contributed by atoms with van der Waals surface area (Å²) in [6.07, 6.45) is 11.2. The predicted octanol–water partition coefficient (Wildman–Crippen LogP) is 5.70. The van der Waals surface area contributed by atoms with Gasteiger partial charge >= 0.3 is 0 Å². The Morgan fingerprint density at radius 3 is 2.83 bits per heavy atom. The average Bonchev–Trinajstić information content (AvgIpc) is 3.55. The minimum atomic E-state index is -3.60. The van der Waals surface area contributed by atoms with Gasteiger partial charge in [0.05, 0.1) is 0 Å². The Morgan fingerprint density at radius 2 is 1.97 bits per heavy atom. The summed E-state index contributed by atoms with van der Waals surface area (Å²) in [6, 6.07) is 13.5. The fourth-order valence-electron chi connectivity index (χ4n) is 5.68. The summed E-state index contributed by atoms with van der Waals surface area (Å²) in [7, 11) is -3.60. The molecule has 6 nitrogen and oxygen atoms in total. The number of H-pyrrole nitrogens is 1. The second-order valence-electron chi connectivity index (χ2n) is 9.73. The van der Waals surface area contributed by atoms with E-state index >= 15 is 0 Å². The number of nitrogens with one attached hydrogen (secondary N) is 1. The number of fused-ring (bicyclic) bond motifs is 2. The molecule has 2 aliphatic heterocycles. The molecule has 0 amide bonds. The molecule has 0 radical (unpaired) electrons. The molecule has 6 rings (SSSR count). The maximum absolute atomic E-state index is 13.7. The standard InChI is InChI=1S/C28H29ClN4O2S/c29-22-7-8-27-25(16-22)26(18-31-27)20-9-13-32(14-10-20)15-11-23-5-3-12-33(23)36(34,35)28-19-30-17-21-4-1-2-6-24(21)28/h1-2,4,6-9,16-19,23,31H,3,5,10-15H2. The maximum Gasteiger partial charge on any atom is 0.245 e. The second-order valence-corrected chi connectivity index (χ2v) is 12.0. The van der Waals surface area contributed by atoms with Gasteiger partial charge in [-0.05, 0) is 56.0 Å². The Hall–Kier alpha value is -2.71. The molecular formula is C28H29ClN4O2S. The highest BCUT2D eigenvalue weighted by molar-refractivity contribution is 7.89. The van der Waals surface area contributed by atoms with Crippen LogP contribution in [0.2, 0.25) is 5.02 Å². The van der Waals surface area contributed by atoms with Gasteiger partial charge < -0.3 is 4.98 Å². The molecule has 0 aliphatic carbocycles. The Labute approximate surface area is 216 Å². The first-order valence-corrected chi connectivity index (χ1v) is 14.4. The highest BCUT2D eigenvalue weighted by atomic mass is 35.5. The summed E-state index contributed by atoms with van der Waals surface area (Å²) in [5, 5.41) is 3.50. The minimum absolute atomic E-state index is 0.0232. The van der Waals surface area contributed by atoms with Crippen LogP contribution in [0.15, 0.2) is 72.0 Å². The molecule has 0 spiro atoms. The molecule has 1 N–H and O–H groups in total. The van der Waals surface area contributed by atoms with Gasteiger partial charge in [-0.25, -0.2) is 8.42 Å². The van der Waals surface area contributed by atoms with Crippen molar-refractivity contribution in [2.45, 2.75) is 36.6 Å². The summed E-state index contributed by atoms with van der Waals surface area (Å²) in [5.74, 6) is 0. The zero-order chi connectivity index (χ0) is 24.7. The van der Waals surface area contributed by atoms with Crippen LogP contribution in [0, 0.1) is 0 Å². The number of aromatic nitrogens is 2. The van der Waals surface area contributed by atoms with Crippen molar-refractivity contribution in [2.75, 3.05) is 26.2 Å². The molecule has 4 aromatic rings. The Morgan fingerprint density at radius 1 is 1.08 bits per heavy atom. The molecule has 1 atom stereocenters. The molecule has 1 fully saturated rings. The van der Waals surface area contributed by atoms with E-state index in [0.717, 1.165) is 72.0 Å². The van der Waals surface area contributed by atoms with E-state index in [9.17, 15) is 8.42 Å². The number of sulfonamides is 1. The van der Waals surface area contributed by atoms with Gasteiger partial charge in [-0.3, -0.25) is 9.88 Å². The summed E-state index contributed by atoms with van der Waals surface area (Å²) in [5.41, 5.74) is 3.67. The number of nitrogens with zero attached hydrogens (tertiary/aromatic N) is 3. The molecule has 2 aromatic heterocycles. The van der Waals surface area contributed by atoms with Gasteiger partial charge in [0.15, 0.2) is 0 Å². The van der Waals surface area contributed by atoms with Crippen LogP contribution in [-0.2, 0) is 10.0 Å². The van der Waals surface area contributed by atoms with Gasteiger partial charge in [-0.1, -0.05) is 41.9 Å². The van der Waals surface area contributed by atoms with Gasteiger partial charge in [0.1, 0.15) is 4.90 Å². The van der Waals surface area contributed by atoms with E-state index in [2.05, 4.69) is 27.1 Å². The predicted molar refractivity (Wildman–Crippen MR) is 146 cm³/mol. The number of hydrogen-bond donors (Lipinski definition) is 1. The number of pyridine rings is 1. The lowest BCUT2D eigenvalue weighted by Gasteiger charge is -2.30. The van der Waals surface area contributed by atoms with Crippen LogP contribution in [0.5, 0.6) is 0 Å². The van der Waals surface area contributed by atoms with E-state index in [1.807, 2.05) is 42.5 Å². The highest BCUT2D eigenvalue weighted by Crippen LogP contribution is 2.33. The molecule has 2 aliphatic rings. The fraction of sp³-hybridized carbons (Fsp3) is 0.321. The van der Waals surface area contributed by atoms with E-state index in [1.165, 1.54) is 17.3 Å². The summed E-state index contributed by atoms with van der Waals surface area (Å²) >= 11 is 6.23. The van der Waals surface area contributed by atoms with E-state index in [0.29, 0.717) is 11.4 Å². The van der Waals surface area contributed by atoms with Crippen LogP contribution in [-0.4, -0.2) is 59.8 Å². The third-order valence-corrected chi connectivity index (χ3v) is 9.82. The third kappa shape index (κ3) is 4.34. The van der Waals surface area contributed by atoms with Crippen LogP contribution in [0.3, 0.4) is 0 Å².